The molecule has 1 N–H and O–H groups in total. The van der Waals surface area contributed by atoms with Crippen LogP contribution in [0.25, 0.3) is 5.57 Å². The molecule has 0 aliphatic carbocycles. The van der Waals surface area contributed by atoms with Gasteiger partial charge in [-0.25, -0.2) is 0 Å². The van der Waals surface area contributed by atoms with Gasteiger partial charge in [0.25, 0.3) is 11.8 Å². The number of methoxy groups -OCH3 is 1. The number of amides is 2. The van der Waals surface area contributed by atoms with Gasteiger partial charge in [-0.15, -0.1) is 0 Å². The Hall–Kier alpha value is -2.30. The van der Waals surface area contributed by atoms with E-state index in [1.807, 2.05) is 0 Å². The van der Waals surface area contributed by atoms with Gasteiger partial charge in [0.2, 0.25) is 0 Å². The SMILES string of the molecule is CCCCCCCCCCN1C(=O)C(O)=C(c2ccccc2OC)C1=O. The van der Waals surface area contributed by atoms with E-state index in [1.165, 1.54) is 39.2 Å². The molecule has 0 unspecified atom stereocenters. The highest BCUT2D eigenvalue weighted by Crippen LogP contribution is 2.33. The van der Waals surface area contributed by atoms with Gasteiger partial charge in [0.15, 0.2) is 5.76 Å². The molecule has 0 spiro atoms. The number of para-hydroxylation sites is 1. The molecular weight excluding hydrogens is 330 g/mol. The van der Waals surface area contributed by atoms with Crippen molar-refractivity contribution in [3.63, 3.8) is 0 Å². The van der Waals surface area contributed by atoms with Crippen molar-refractivity contribution in [1.29, 1.82) is 0 Å². The van der Waals surface area contributed by atoms with E-state index >= 15 is 0 Å². The minimum Gasteiger partial charge on any atom is -0.502 e. The average molecular weight is 359 g/mol. The molecule has 0 saturated carbocycles. The summed E-state index contributed by atoms with van der Waals surface area (Å²) in [4.78, 5) is 26.1. The molecule has 5 nitrogen and oxygen atoms in total. The Kier molecular flexibility index (Phi) is 7.70. The van der Waals surface area contributed by atoms with Crippen LogP contribution in [0.2, 0.25) is 0 Å². The second kappa shape index (κ2) is 10.00. The van der Waals surface area contributed by atoms with Crippen molar-refractivity contribution < 1.29 is 19.4 Å². The summed E-state index contributed by atoms with van der Waals surface area (Å²) in [5.41, 5.74) is 0.483. The number of aliphatic hydroxyl groups is 1. The molecule has 2 amide bonds. The zero-order chi connectivity index (χ0) is 18.9. The molecule has 1 aromatic carbocycles. The smallest absolute Gasteiger partial charge is 0.296 e. The van der Waals surface area contributed by atoms with E-state index in [-0.39, 0.29) is 5.57 Å². The molecule has 1 aliphatic rings. The number of ether oxygens (including phenoxy) is 1. The molecule has 2 rings (SSSR count). The Bertz CT molecular complexity index is 666. The van der Waals surface area contributed by atoms with Gasteiger partial charge in [0.05, 0.1) is 12.7 Å². The Morgan fingerprint density at radius 1 is 0.923 bits per heavy atom. The lowest BCUT2D eigenvalue weighted by Gasteiger charge is -2.14. The molecule has 0 saturated heterocycles. The number of imide groups is 1. The lowest BCUT2D eigenvalue weighted by Crippen LogP contribution is -2.32. The van der Waals surface area contributed by atoms with E-state index in [2.05, 4.69) is 6.92 Å². The molecule has 1 aliphatic heterocycles. The molecule has 142 valence electrons. The highest BCUT2D eigenvalue weighted by molar-refractivity contribution is 6.35. The van der Waals surface area contributed by atoms with Gasteiger partial charge in [-0.1, -0.05) is 70.1 Å². The monoisotopic (exact) mass is 359 g/mol. The average Bonchev–Trinajstić information content (AvgIpc) is 2.86. The quantitative estimate of drug-likeness (QED) is 0.467. The van der Waals surface area contributed by atoms with Gasteiger partial charge in [0, 0.05) is 12.1 Å². The summed E-state index contributed by atoms with van der Waals surface area (Å²) in [5.74, 6) is -1.08. The first-order valence-electron chi connectivity index (χ1n) is 9.54. The summed E-state index contributed by atoms with van der Waals surface area (Å²) < 4.78 is 5.25. The van der Waals surface area contributed by atoms with Crippen LogP contribution < -0.4 is 4.74 Å². The fraction of sp³-hybridized carbons (Fsp3) is 0.524. The van der Waals surface area contributed by atoms with Crippen molar-refractivity contribution in [3.8, 4) is 5.75 Å². The number of hydrogen-bond acceptors (Lipinski definition) is 4. The topological polar surface area (TPSA) is 66.8 Å². The van der Waals surface area contributed by atoms with Crippen molar-refractivity contribution in [3.05, 3.63) is 35.6 Å². The highest BCUT2D eigenvalue weighted by Gasteiger charge is 2.39. The van der Waals surface area contributed by atoms with E-state index < -0.39 is 17.6 Å². The zero-order valence-electron chi connectivity index (χ0n) is 15.8. The Morgan fingerprint density at radius 2 is 1.54 bits per heavy atom. The van der Waals surface area contributed by atoms with Crippen LogP contribution in [0.15, 0.2) is 30.0 Å². The third-order valence-electron chi connectivity index (χ3n) is 4.76. The standard InChI is InChI=1S/C21H29NO4/c1-3-4-5-6-7-8-9-12-15-22-20(24)18(19(23)21(22)25)16-13-10-11-14-17(16)26-2/h10-11,13-14,23H,3-9,12,15H2,1-2H3. The lowest BCUT2D eigenvalue weighted by atomic mass is 10.0. The van der Waals surface area contributed by atoms with E-state index in [0.29, 0.717) is 17.9 Å². The first kappa shape index (κ1) is 20.0. The van der Waals surface area contributed by atoms with Gasteiger partial charge >= 0.3 is 0 Å². The van der Waals surface area contributed by atoms with Gasteiger partial charge < -0.3 is 9.84 Å². The Balaban J connectivity index is 1.90. The van der Waals surface area contributed by atoms with Gasteiger partial charge in [-0.05, 0) is 12.5 Å². The van der Waals surface area contributed by atoms with Gasteiger partial charge in [-0.2, -0.15) is 0 Å². The van der Waals surface area contributed by atoms with Crippen molar-refractivity contribution in [2.24, 2.45) is 0 Å². The van der Waals surface area contributed by atoms with Crippen LogP contribution in [0.5, 0.6) is 5.75 Å². The molecule has 5 heteroatoms. The fourth-order valence-corrected chi connectivity index (χ4v) is 3.26. The second-order valence-electron chi connectivity index (χ2n) is 6.66. The zero-order valence-corrected chi connectivity index (χ0v) is 15.8. The maximum absolute atomic E-state index is 12.7. The molecule has 26 heavy (non-hydrogen) atoms. The van der Waals surface area contributed by atoms with Crippen molar-refractivity contribution in [1.82, 2.24) is 4.90 Å². The number of unbranched alkanes of at least 4 members (excludes halogenated alkanes) is 7. The number of hydrogen-bond donors (Lipinski definition) is 1. The van der Waals surface area contributed by atoms with E-state index in [0.717, 1.165) is 24.2 Å². The lowest BCUT2D eigenvalue weighted by molar-refractivity contribution is -0.138. The summed E-state index contributed by atoms with van der Waals surface area (Å²) in [6.45, 7) is 2.54. The largest absolute Gasteiger partial charge is 0.502 e. The Labute approximate surface area is 155 Å². The Morgan fingerprint density at radius 3 is 2.19 bits per heavy atom. The maximum Gasteiger partial charge on any atom is 0.296 e. The molecule has 1 aromatic rings. The van der Waals surface area contributed by atoms with Crippen LogP contribution in [-0.4, -0.2) is 35.5 Å². The number of rotatable bonds is 11. The summed E-state index contributed by atoms with van der Waals surface area (Å²) in [6.07, 6.45) is 9.09. The van der Waals surface area contributed by atoms with Crippen molar-refractivity contribution in [2.45, 2.75) is 58.3 Å². The van der Waals surface area contributed by atoms with E-state index in [9.17, 15) is 14.7 Å². The van der Waals surface area contributed by atoms with E-state index in [4.69, 9.17) is 4.74 Å². The summed E-state index contributed by atoms with van der Waals surface area (Å²) >= 11 is 0. The highest BCUT2D eigenvalue weighted by atomic mass is 16.5. The number of carbonyl (C=O) groups excluding carboxylic acids is 2. The number of benzene rings is 1. The van der Waals surface area contributed by atoms with Gasteiger partial charge in [0.1, 0.15) is 5.75 Å². The molecule has 1 heterocycles. The minimum atomic E-state index is -0.612. The van der Waals surface area contributed by atoms with Crippen LogP contribution in [-0.2, 0) is 9.59 Å². The van der Waals surface area contributed by atoms with Crippen molar-refractivity contribution >= 4 is 17.4 Å². The molecule has 0 aromatic heterocycles. The summed E-state index contributed by atoms with van der Waals surface area (Å²) in [6, 6.07) is 6.90. The van der Waals surface area contributed by atoms with Crippen LogP contribution in [0.1, 0.15) is 63.9 Å². The number of carbonyl (C=O) groups is 2. The maximum atomic E-state index is 12.7. The third kappa shape index (κ3) is 4.65. The van der Waals surface area contributed by atoms with Crippen molar-refractivity contribution in [2.75, 3.05) is 13.7 Å². The number of nitrogens with zero attached hydrogens (tertiary/aromatic N) is 1. The number of aliphatic hydroxyl groups excluding tert-OH is 1. The minimum absolute atomic E-state index is 0.0343. The van der Waals surface area contributed by atoms with Gasteiger partial charge in [-0.3, -0.25) is 14.5 Å². The van der Waals surface area contributed by atoms with Crippen LogP contribution in [0.4, 0.5) is 0 Å². The second-order valence-corrected chi connectivity index (χ2v) is 6.66. The fourth-order valence-electron chi connectivity index (χ4n) is 3.26. The molecule has 0 bridgehead atoms. The normalized spacial score (nSPS) is 14.5. The molecule has 0 fully saturated rings. The predicted octanol–water partition coefficient (Wildman–Crippen LogP) is 4.47. The predicted molar refractivity (Wildman–Crippen MR) is 102 cm³/mol. The van der Waals surface area contributed by atoms with Crippen LogP contribution >= 0.6 is 0 Å². The first-order valence-corrected chi connectivity index (χ1v) is 9.54. The molecule has 0 radical (unpaired) electrons. The van der Waals surface area contributed by atoms with E-state index in [1.54, 1.807) is 24.3 Å². The summed E-state index contributed by atoms with van der Waals surface area (Å²) in [5, 5.41) is 10.2. The molecule has 0 atom stereocenters. The third-order valence-corrected chi connectivity index (χ3v) is 4.76. The van der Waals surface area contributed by atoms with Crippen LogP contribution in [0.3, 0.4) is 0 Å². The molecular formula is C21H29NO4. The first-order chi connectivity index (χ1) is 12.6. The van der Waals surface area contributed by atoms with Crippen LogP contribution in [0, 0.1) is 0 Å². The summed E-state index contributed by atoms with van der Waals surface area (Å²) in [7, 11) is 1.50.